The number of hydrogen-bond acceptors (Lipinski definition) is 5. The average Bonchev–Trinajstić information content (AvgIpc) is 3.10. The summed E-state index contributed by atoms with van der Waals surface area (Å²) in [6.07, 6.45) is 1.25. The fraction of sp³-hybridized carbons (Fsp3) is 0.0385. The first-order valence-corrected chi connectivity index (χ1v) is 10.3. The number of phenols is 2. The highest BCUT2D eigenvalue weighted by Gasteiger charge is 2.29. The molecule has 7 heteroatoms. The lowest BCUT2D eigenvalue weighted by Crippen LogP contribution is -2.26. The molecule has 162 valence electrons. The molecule has 1 aliphatic heterocycles. The maximum atomic E-state index is 12.9. The van der Waals surface area contributed by atoms with Crippen LogP contribution in [0.1, 0.15) is 31.8 Å². The highest BCUT2D eigenvalue weighted by molar-refractivity contribution is 6.24. The number of carbonyl (C=O) groups is 2. The molecule has 5 rings (SSSR count). The van der Waals surface area contributed by atoms with Crippen LogP contribution in [0.4, 0.5) is 5.69 Å². The molecule has 0 atom stereocenters. The standard InChI is InChI=1S/C26H19N3O4/c30-22-9-3-6-19(24(22)31)14-27-28-25(32)18-12-10-16(11-13-18)15-29-21-8-2-5-17-4-1-7-20(23(17)21)26(29)33/h1-14,30-31H,15H2,(H,28,32)/b27-14+. The zero-order valence-electron chi connectivity index (χ0n) is 17.4. The van der Waals surface area contributed by atoms with Gasteiger partial charge in [-0.25, -0.2) is 5.43 Å². The molecule has 33 heavy (non-hydrogen) atoms. The summed E-state index contributed by atoms with van der Waals surface area (Å²) in [5.41, 5.74) is 5.54. The van der Waals surface area contributed by atoms with Gasteiger partial charge >= 0.3 is 0 Å². The monoisotopic (exact) mass is 437 g/mol. The van der Waals surface area contributed by atoms with Gasteiger partial charge in [0, 0.05) is 22.1 Å². The van der Waals surface area contributed by atoms with Crippen LogP contribution in [0.3, 0.4) is 0 Å². The Bertz CT molecular complexity index is 1420. The number of carbonyl (C=O) groups excluding carboxylic acids is 2. The Kier molecular flexibility index (Phi) is 4.99. The Labute approximate surface area is 189 Å². The molecule has 0 spiro atoms. The van der Waals surface area contributed by atoms with Crippen LogP contribution in [-0.2, 0) is 6.54 Å². The lowest BCUT2D eigenvalue weighted by molar-refractivity contribution is 0.0953. The molecular weight excluding hydrogens is 418 g/mol. The van der Waals surface area contributed by atoms with E-state index < -0.39 is 5.91 Å². The molecule has 3 N–H and O–H groups in total. The Morgan fingerprint density at radius 2 is 1.67 bits per heavy atom. The van der Waals surface area contributed by atoms with E-state index in [9.17, 15) is 19.8 Å². The van der Waals surface area contributed by atoms with Gasteiger partial charge in [0.05, 0.1) is 18.4 Å². The number of anilines is 1. The summed E-state index contributed by atoms with van der Waals surface area (Å²) in [7, 11) is 0. The molecule has 0 bridgehead atoms. The van der Waals surface area contributed by atoms with Crippen LogP contribution in [0, 0.1) is 0 Å². The summed E-state index contributed by atoms with van der Waals surface area (Å²) >= 11 is 0. The van der Waals surface area contributed by atoms with Crippen LogP contribution in [0.25, 0.3) is 10.8 Å². The maximum absolute atomic E-state index is 12.9. The van der Waals surface area contributed by atoms with Gasteiger partial charge < -0.3 is 15.1 Å². The van der Waals surface area contributed by atoms with Crippen LogP contribution in [0.15, 0.2) is 84.0 Å². The lowest BCUT2D eigenvalue weighted by atomic mass is 10.1. The minimum atomic E-state index is -0.424. The van der Waals surface area contributed by atoms with Gasteiger partial charge in [0.25, 0.3) is 11.8 Å². The zero-order valence-corrected chi connectivity index (χ0v) is 17.4. The van der Waals surface area contributed by atoms with Gasteiger partial charge in [-0.1, -0.05) is 42.5 Å². The molecule has 4 aromatic rings. The number of rotatable bonds is 5. The first-order valence-electron chi connectivity index (χ1n) is 10.3. The van der Waals surface area contributed by atoms with E-state index in [1.165, 1.54) is 12.3 Å². The predicted octanol–water partition coefficient (Wildman–Crippen LogP) is 4.18. The Hall–Kier alpha value is -4.65. The minimum absolute atomic E-state index is 0.0341. The van der Waals surface area contributed by atoms with Crippen molar-refractivity contribution < 1.29 is 19.8 Å². The normalized spacial score (nSPS) is 12.6. The van der Waals surface area contributed by atoms with E-state index >= 15 is 0 Å². The lowest BCUT2D eigenvalue weighted by Gasteiger charge is -2.18. The molecule has 0 saturated carbocycles. The van der Waals surface area contributed by atoms with Gasteiger partial charge in [-0.2, -0.15) is 5.10 Å². The fourth-order valence-electron chi connectivity index (χ4n) is 3.96. The van der Waals surface area contributed by atoms with Crippen molar-refractivity contribution in [3.8, 4) is 11.5 Å². The number of hydrazone groups is 1. The highest BCUT2D eigenvalue weighted by atomic mass is 16.3. The molecule has 1 heterocycles. The first-order chi connectivity index (χ1) is 16.0. The van der Waals surface area contributed by atoms with Crippen molar-refractivity contribution in [1.82, 2.24) is 5.43 Å². The predicted molar refractivity (Wildman–Crippen MR) is 126 cm³/mol. The van der Waals surface area contributed by atoms with Crippen LogP contribution in [0.5, 0.6) is 11.5 Å². The van der Waals surface area contributed by atoms with Gasteiger partial charge in [-0.3, -0.25) is 9.59 Å². The smallest absolute Gasteiger partial charge is 0.271 e. The Morgan fingerprint density at radius 3 is 2.45 bits per heavy atom. The van der Waals surface area contributed by atoms with E-state index in [2.05, 4.69) is 10.5 Å². The topological polar surface area (TPSA) is 102 Å². The number of para-hydroxylation sites is 1. The van der Waals surface area contributed by atoms with Gasteiger partial charge in [-0.05, 0) is 47.3 Å². The quantitative estimate of drug-likeness (QED) is 0.248. The van der Waals surface area contributed by atoms with Crippen LogP contribution >= 0.6 is 0 Å². The van der Waals surface area contributed by atoms with Crippen LogP contribution in [-0.4, -0.2) is 28.2 Å². The number of hydrogen-bond donors (Lipinski definition) is 3. The number of nitrogens with zero attached hydrogens (tertiary/aromatic N) is 2. The molecule has 0 radical (unpaired) electrons. The molecule has 1 aliphatic rings. The largest absolute Gasteiger partial charge is 0.504 e. The van der Waals surface area contributed by atoms with E-state index in [1.807, 2.05) is 36.4 Å². The van der Waals surface area contributed by atoms with Crippen molar-refractivity contribution in [2.45, 2.75) is 6.54 Å². The summed E-state index contributed by atoms with van der Waals surface area (Å²) in [5, 5.41) is 25.1. The summed E-state index contributed by atoms with van der Waals surface area (Å²) in [5.74, 6) is -1.04. The zero-order chi connectivity index (χ0) is 22.9. The molecule has 0 unspecified atom stereocenters. The van der Waals surface area contributed by atoms with Crippen LogP contribution in [0.2, 0.25) is 0 Å². The number of nitrogens with one attached hydrogen (secondary N) is 1. The summed E-state index contributed by atoms with van der Waals surface area (Å²) in [6.45, 7) is 0.392. The second-order valence-electron chi connectivity index (χ2n) is 7.68. The van der Waals surface area contributed by atoms with Crippen molar-refractivity contribution >= 4 is 34.5 Å². The van der Waals surface area contributed by atoms with Gasteiger partial charge in [0.2, 0.25) is 0 Å². The number of aromatic hydroxyl groups is 2. The maximum Gasteiger partial charge on any atom is 0.271 e. The molecule has 2 amide bonds. The number of amides is 2. The average molecular weight is 437 g/mol. The third-order valence-corrected chi connectivity index (χ3v) is 5.62. The van der Waals surface area contributed by atoms with E-state index in [-0.39, 0.29) is 23.0 Å². The molecule has 4 aromatic carbocycles. The van der Waals surface area contributed by atoms with E-state index in [0.29, 0.717) is 17.7 Å². The van der Waals surface area contributed by atoms with Crippen molar-refractivity contribution in [1.29, 1.82) is 0 Å². The van der Waals surface area contributed by atoms with Gasteiger partial charge in [-0.15, -0.1) is 0 Å². The van der Waals surface area contributed by atoms with Crippen molar-refractivity contribution in [3.63, 3.8) is 0 Å². The second-order valence-corrected chi connectivity index (χ2v) is 7.68. The second kappa shape index (κ2) is 8.12. The molecule has 7 nitrogen and oxygen atoms in total. The van der Waals surface area contributed by atoms with Crippen molar-refractivity contribution in [3.05, 3.63) is 101 Å². The summed E-state index contributed by atoms with van der Waals surface area (Å²) < 4.78 is 0. The number of benzene rings is 4. The molecule has 0 aliphatic carbocycles. The summed E-state index contributed by atoms with van der Waals surface area (Å²) in [4.78, 5) is 27.1. The molecular formula is C26H19N3O4. The molecule has 0 saturated heterocycles. The first kappa shape index (κ1) is 20.3. The van der Waals surface area contributed by atoms with Crippen molar-refractivity contribution in [2.24, 2.45) is 5.10 Å². The fourth-order valence-corrected chi connectivity index (χ4v) is 3.96. The Balaban J connectivity index is 1.28. The van der Waals surface area contributed by atoms with Crippen LogP contribution < -0.4 is 10.3 Å². The minimum Gasteiger partial charge on any atom is -0.504 e. The third-order valence-electron chi connectivity index (χ3n) is 5.62. The SMILES string of the molecule is O=C(N/N=C/c1cccc(O)c1O)c1ccc(CN2C(=O)c3cccc4cccc2c34)cc1. The third kappa shape index (κ3) is 3.65. The van der Waals surface area contributed by atoms with Crippen molar-refractivity contribution in [2.75, 3.05) is 4.90 Å². The Morgan fingerprint density at radius 1 is 0.939 bits per heavy atom. The summed E-state index contributed by atoms with van der Waals surface area (Å²) in [6, 6.07) is 23.0. The van der Waals surface area contributed by atoms with E-state index in [1.54, 1.807) is 41.3 Å². The molecule has 0 aromatic heterocycles. The van der Waals surface area contributed by atoms with E-state index in [4.69, 9.17) is 0 Å². The van der Waals surface area contributed by atoms with Gasteiger partial charge in [0.1, 0.15) is 0 Å². The van der Waals surface area contributed by atoms with Gasteiger partial charge in [0.15, 0.2) is 11.5 Å². The number of phenolic OH excluding ortho intramolecular Hbond substituents is 2. The van der Waals surface area contributed by atoms with E-state index in [0.717, 1.165) is 22.0 Å². The highest BCUT2D eigenvalue weighted by Crippen LogP contribution is 2.38. The molecule has 0 fully saturated rings.